The van der Waals surface area contributed by atoms with Crippen molar-refractivity contribution in [3.05, 3.63) is 11.9 Å². The molecule has 0 radical (unpaired) electrons. The first-order valence-electron chi connectivity index (χ1n) is 5.79. The molecule has 1 fully saturated rings. The molecule has 1 aromatic rings. The molecule has 1 saturated heterocycles. The third kappa shape index (κ3) is 3.36. The van der Waals surface area contributed by atoms with Gasteiger partial charge in [0.25, 0.3) is 0 Å². The van der Waals surface area contributed by atoms with E-state index in [1.165, 1.54) is 0 Å². The van der Waals surface area contributed by atoms with E-state index < -0.39 is 9.84 Å². The summed E-state index contributed by atoms with van der Waals surface area (Å²) in [4.78, 5) is 11.7. The zero-order valence-electron chi connectivity index (χ0n) is 10.2. The third-order valence-electron chi connectivity index (χ3n) is 2.85. The molecule has 1 N–H and O–H groups in total. The van der Waals surface area contributed by atoms with E-state index in [9.17, 15) is 13.2 Å². The average molecular weight is 272 g/mol. The van der Waals surface area contributed by atoms with Gasteiger partial charge in [0.2, 0.25) is 0 Å². The summed E-state index contributed by atoms with van der Waals surface area (Å²) in [6.07, 6.45) is 3.32. The Kier molecular flexibility index (Phi) is 3.76. The highest BCUT2D eigenvalue weighted by Gasteiger charge is 2.21. The van der Waals surface area contributed by atoms with E-state index in [1.54, 1.807) is 10.9 Å². The summed E-state index contributed by atoms with van der Waals surface area (Å²) in [5.41, 5.74) is 0.315. The molecule has 2 rings (SSSR count). The maximum atomic E-state index is 11.7. The average Bonchev–Trinajstić information content (AvgIpc) is 2.62. The fourth-order valence-electron chi connectivity index (χ4n) is 1.67. The number of nitrogens with one attached hydrogen (secondary N) is 1. The lowest BCUT2D eigenvalue weighted by atomic mass is 10.2. The van der Waals surface area contributed by atoms with Crippen molar-refractivity contribution in [1.29, 1.82) is 0 Å². The van der Waals surface area contributed by atoms with Crippen LogP contribution in [0.2, 0.25) is 0 Å². The van der Waals surface area contributed by atoms with Crippen LogP contribution in [0.4, 0.5) is 0 Å². The third-order valence-corrected chi connectivity index (χ3v) is 3.88. The number of aromatic nitrogens is 3. The second-order valence-electron chi connectivity index (χ2n) is 4.55. The minimum atomic E-state index is -3.01. The predicted octanol–water partition coefficient (Wildman–Crippen LogP) is -0.570. The maximum Gasteiger partial charge on any atom is 0.184 e. The summed E-state index contributed by atoms with van der Waals surface area (Å²) < 4.78 is 23.6. The van der Waals surface area contributed by atoms with E-state index in [1.807, 2.05) is 0 Å². The first-order chi connectivity index (χ1) is 8.46. The fraction of sp³-hybridized carbons (Fsp3) is 0.700. The van der Waals surface area contributed by atoms with Gasteiger partial charge in [0, 0.05) is 25.8 Å². The number of rotatable bonds is 6. The number of nitrogens with zero attached hydrogens (tertiary/aromatic N) is 3. The highest BCUT2D eigenvalue weighted by atomic mass is 32.2. The first-order valence-corrected chi connectivity index (χ1v) is 7.85. The van der Waals surface area contributed by atoms with Crippen molar-refractivity contribution in [3.63, 3.8) is 0 Å². The van der Waals surface area contributed by atoms with Gasteiger partial charge in [0.15, 0.2) is 5.78 Å². The van der Waals surface area contributed by atoms with E-state index in [2.05, 4.69) is 15.6 Å². The minimum Gasteiger partial charge on any atom is -0.312 e. The Bertz CT molecular complexity index is 533. The zero-order chi connectivity index (χ0) is 13.2. The normalized spacial score (nSPS) is 16.5. The van der Waals surface area contributed by atoms with Crippen molar-refractivity contribution >= 4 is 15.6 Å². The number of sulfone groups is 1. The van der Waals surface area contributed by atoms with Gasteiger partial charge < -0.3 is 5.32 Å². The molecule has 0 saturated carbocycles. The Morgan fingerprint density at radius 3 is 2.83 bits per heavy atom. The van der Waals surface area contributed by atoms with Crippen LogP contribution in [0.1, 0.15) is 29.4 Å². The van der Waals surface area contributed by atoms with Crippen LogP contribution in [0.25, 0.3) is 0 Å². The second-order valence-corrected chi connectivity index (χ2v) is 6.81. The fourth-order valence-corrected chi connectivity index (χ4v) is 2.34. The van der Waals surface area contributed by atoms with Crippen molar-refractivity contribution in [3.8, 4) is 0 Å². The minimum absolute atomic E-state index is 0.0272. The molecular formula is C10H16N4O3S. The molecule has 0 spiro atoms. The van der Waals surface area contributed by atoms with Crippen molar-refractivity contribution in [1.82, 2.24) is 20.3 Å². The van der Waals surface area contributed by atoms with E-state index in [0.717, 1.165) is 19.3 Å². The summed E-state index contributed by atoms with van der Waals surface area (Å²) in [5, 5.41) is 10.8. The van der Waals surface area contributed by atoms with Gasteiger partial charge in [-0.1, -0.05) is 5.21 Å². The van der Waals surface area contributed by atoms with E-state index in [-0.39, 0.29) is 24.0 Å². The van der Waals surface area contributed by atoms with Gasteiger partial charge in [0.05, 0.1) is 18.0 Å². The molecule has 0 unspecified atom stereocenters. The van der Waals surface area contributed by atoms with Crippen LogP contribution in [0.15, 0.2) is 6.20 Å². The molecule has 1 aliphatic rings. The molecule has 100 valence electrons. The van der Waals surface area contributed by atoms with Crippen LogP contribution in [0.3, 0.4) is 0 Å². The Labute approximate surface area is 105 Å². The number of hydrogen-bond donors (Lipinski definition) is 1. The summed E-state index contributed by atoms with van der Waals surface area (Å²) in [6.45, 7) is 1.68. The van der Waals surface area contributed by atoms with Gasteiger partial charge in [-0.2, -0.15) is 0 Å². The second kappa shape index (κ2) is 5.15. The number of carbonyl (C=O) groups is 1. The molecule has 0 aliphatic carbocycles. The lowest BCUT2D eigenvalue weighted by molar-refractivity contribution is 0.0977. The molecule has 0 bridgehead atoms. The van der Waals surface area contributed by atoms with E-state index in [4.69, 9.17) is 0 Å². The number of ketones is 1. The van der Waals surface area contributed by atoms with Gasteiger partial charge in [-0.05, 0) is 6.42 Å². The smallest absolute Gasteiger partial charge is 0.184 e. The van der Waals surface area contributed by atoms with Gasteiger partial charge in [-0.15, -0.1) is 5.10 Å². The Morgan fingerprint density at radius 1 is 1.56 bits per heavy atom. The van der Waals surface area contributed by atoms with Crippen LogP contribution in [0.5, 0.6) is 0 Å². The molecular weight excluding hydrogens is 256 g/mol. The zero-order valence-corrected chi connectivity index (χ0v) is 11.0. The van der Waals surface area contributed by atoms with Crippen molar-refractivity contribution in [2.75, 3.05) is 25.1 Å². The predicted molar refractivity (Wildman–Crippen MR) is 65.2 cm³/mol. The Morgan fingerprint density at radius 2 is 2.28 bits per heavy atom. The van der Waals surface area contributed by atoms with Gasteiger partial charge in [-0.3, -0.25) is 4.79 Å². The standard InChI is InChI=1S/C10H16N4O3S/c1-18(16,17)4-2-3-10(15)9-7-14(13-12-9)8-5-11-6-8/h7-8,11H,2-6H2,1H3. The Hall–Kier alpha value is -1.28. The topological polar surface area (TPSA) is 94.0 Å². The summed E-state index contributed by atoms with van der Waals surface area (Å²) in [6, 6.07) is 0.273. The highest BCUT2D eigenvalue weighted by Crippen LogP contribution is 2.11. The maximum absolute atomic E-state index is 11.7. The van der Waals surface area contributed by atoms with Crippen LogP contribution in [0, 0.1) is 0 Å². The molecule has 0 atom stereocenters. The first kappa shape index (κ1) is 13.2. The molecule has 0 aromatic carbocycles. The summed E-state index contributed by atoms with van der Waals surface area (Å²) in [5.74, 6) is -0.128. The van der Waals surface area contributed by atoms with Crippen molar-refractivity contribution in [2.45, 2.75) is 18.9 Å². The largest absolute Gasteiger partial charge is 0.312 e. The highest BCUT2D eigenvalue weighted by molar-refractivity contribution is 7.90. The van der Waals surface area contributed by atoms with Gasteiger partial charge in [0.1, 0.15) is 15.5 Å². The SMILES string of the molecule is CS(=O)(=O)CCCC(=O)c1cn(C2CNC2)nn1. The monoisotopic (exact) mass is 272 g/mol. The number of Topliss-reactive ketones (excluding diaryl/α,β-unsaturated/α-hetero) is 1. The molecule has 7 nitrogen and oxygen atoms in total. The van der Waals surface area contributed by atoms with Crippen LogP contribution >= 0.6 is 0 Å². The summed E-state index contributed by atoms with van der Waals surface area (Å²) >= 11 is 0. The van der Waals surface area contributed by atoms with Crippen LogP contribution in [-0.2, 0) is 9.84 Å². The lowest BCUT2D eigenvalue weighted by Crippen LogP contribution is -2.43. The van der Waals surface area contributed by atoms with Crippen molar-refractivity contribution < 1.29 is 13.2 Å². The lowest BCUT2D eigenvalue weighted by Gasteiger charge is -2.26. The summed E-state index contributed by atoms with van der Waals surface area (Å²) in [7, 11) is -3.01. The van der Waals surface area contributed by atoms with Crippen LogP contribution < -0.4 is 5.32 Å². The van der Waals surface area contributed by atoms with Crippen LogP contribution in [-0.4, -0.2) is 54.3 Å². The van der Waals surface area contributed by atoms with Gasteiger partial charge in [-0.25, -0.2) is 13.1 Å². The molecule has 0 amide bonds. The number of hydrogen-bond acceptors (Lipinski definition) is 6. The molecule has 1 aliphatic heterocycles. The quantitative estimate of drug-likeness (QED) is 0.697. The molecule has 2 heterocycles. The van der Waals surface area contributed by atoms with Crippen molar-refractivity contribution in [2.24, 2.45) is 0 Å². The Balaban J connectivity index is 1.86. The molecule has 18 heavy (non-hydrogen) atoms. The van der Waals surface area contributed by atoms with E-state index >= 15 is 0 Å². The number of carbonyl (C=O) groups excluding carboxylic acids is 1. The van der Waals surface area contributed by atoms with Gasteiger partial charge >= 0.3 is 0 Å². The van der Waals surface area contributed by atoms with E-state index in [0.29, 0.717) is 12.1 Å². The molecule has 1 aromatic heterocycles. The molecule has 8 heteroatoms.